The van der Waals surface area contributed by atoms with Crippen molar-refractivity contribution in [2.75, 3.05) is 12.3 Å². The van der Waals surface area contributed by atoms with Crippen LogP contribution in [-0.2, 0) is 4.79 Å². The van der Waals surface area contributed by atoms with E-state index in [9.17, 15) is 4.79 Å². The van der Waals surface area contributed by atoms with Gasteiger partial charge < -0.3 is 5.32 Å². The summed E-state index contributed by atoms with van der Waals surface area (Å²) in [6.45, 7) is 0.846. The molecule has 0 radical (unpaired) electrons. The highest BCUT2D eigenvalue weighted by Crippen LogP contribution is 2.22. The molecule has 1 aromatic carbocycles. The second-order valence-corrected chi connectivity index (χ2v) is 4.59. The number of hydrogen-bond acceptors (Lipinski definition) is 2. The van der Waals surface area contributed by atoms with Gasteiger partial charge in [-0.05, 0) is 18.1 Å². The van der Waals surface area contributed by atoms with Crippen LogP contribution in [0, 0.1) is 5.92 Å². The maximum atomic E-state index is 10.9. The lowest BCUT2D eigenvalue weighted by Crippen LogP contribution is -2.14. The molecule has 1 atom stereocenters. The van der Waals surface area contributed by atoms with E-state index in [4.69, 9.17) is 0 Å². The number of hydrogen-bond donors (Lipinski definition) is 1. The Kier molecular flexibility index (Phi) is 3.09. The van der Waals surface area contributed by atoms with Crippen molar-refractivity contribution in [1.29, 1.82) is 0 Å². The summed E-state index contributed by atoms with van der Waals surface area (Å²) in [5.74, 6) is 1.74. The minimum atomic E-state index is 0.198. The fraction of sp³-hybridized carbons (Fsp3) is 0.364. The molecule has 1 aliphatic rings. The van der Waals surface area contributed by atoms with E-state index in [1.54, 1.807) is 0 Å². The summed E-state index contributed by atoms with van der Waals surface area (Å²) in [6, 6.07) is 10.3. The van der Waals surface area contributed by atoms with Gasteiger partial charge in [0.25, 0.3) is 0 Å². The van der Waals surface area contributed by atoms with Gasteiger partial charge in [0.2, 0.25) is 5.91 Å². The number of nitrogens with one attached hydrogen (secondary N) is 1. The summed E-state index contributed by atoms with van der Waals surface area (Å²) < 4.78 is 0. The second-order valence-electron chi connectivity index (χ2n) is 3.50. The molecular weight excluding hydrogens is 194 g/mol. The van der Waals surface area contributed by atoms with Crippen LogP contribution in [0.4, 0.5) is 0 Å². The third-order valence-electron chi connectivity index (χ3n) is 2.29. The molecule has 1 heterocycles. The van der Waals surface area contributed by atoms with Gasteiger partial charge >= 0.3 is 0 Å². The Morgan fingerprint density at radius 3 is 2.79 bits per heavy atom. The quantitative estimate of drug-likeness (QED) is 0.767. The molecule has 74 valence electrons. The van der Waals surface area contributed by atoms with Crippen LogP contribution < -0.4 is 5.32 Å². The van der Waals surface area contributed by atoms with Crippen molar-refractivity contribution in [2.45, 2.75) is 11.3 Å². The molecule has 1 fully saturated rings. The summed E-state index contributed by atoms with van der Waals surface area (Å²) in [7, 11) is 0. The van der Waals surface area contributed by atoms with Crippen LogP contribution in [0.3, 0.4) is 0 Å². The monoisotopic (exact) mass is 207 g/mol. The van der Waals surface area contributed by atoms with Crippen molar-refractivity contribution in [2.24, 2.45) is 5.92 Å². The number of thioether (sulfide) groups is 1. The van der Waals surface area contributed by atoms with Gasteiger partial charge in [-0.2, -0.15) is 0 Å². The van der Waals surface area contributed by atoms with Crippen molar-refractivity contribution in [3.63, 3.8) is 0 Å². The van der Waals surface area contributed by atoms with E-state index in [1.165, 1.54) is 4.90 Å². The Morgan fingerprint density at radius 1 is 1.36 bits per heavy atom. The molecule has 0 aliphatic carbocycles. The average molecular weight is 207 g/mol. The number of carbonyl (C=O) groups is 1. The van der Waals surface area contributed by atoms with Crippen molar-refractivity contribution in [1.82, 2.24) is 5.32 Å². The van der Waals surface area contributed by atoms with Gasteiger partial charge in [0.05, 0.1) is 0 Å². The van der Waals surface area contributed by atoms with Crippen molar-refractivity contribution in [3.05, 3.63) is 30.3 Å². The normalized spacial score (nSPS) is 20.9. The van der Waals surface area contributed by atoms with Crippen LogP contribution in [0.15, 0.2) is 35.2 Å². The number of carbonyl (C=O) groups excluding carboxylic acids is 1. The predicted molar refractivity (Wildman–Crippen MR) is 58.3 cm³/mol. The van der Waals surface area contributed by atoms with E-state index in [0.29, 0.717) is 12.3 Å². The molecule has 0 spiro atoms. The summed E-state index contributed by atoms with van der Waals surface area (Å²) in [5.41, 5.74) is 0. The third-order valence-corrected chi connectivity index (χ3v) is 3.53. The molecule has 1 N–H and O–H groups in total. The first-order chi connectivity index (χ1) is 6.84. The van der Waals surface area contributed by atoms with Gasteiger partial charge in [0.15, 0.2) is 0 Å². The number of rotatable bonds is 3. The molecule has 1 amide bonds. The fourth-order valence-corrected chi connectivity index (χ4v) is 2.53. The largest absolute Gasteiger partial charge is 0.356 e. The summed E-state index contributed by atoms with van der Waals surface area (Å²) >= 11 is 1.83. The van der Waals surface area contributed by atoms with Gasteiger partial charge in [-0.15, -0.1) is 11.8 Å². The lowest BCUT2D eigenvalue weighted by atomic mass is 10.1. The molecule has 2 rings (SSSR count). The van der Waals surface area contributed by atoms with E-state index in [0.717, 1.165) is 12.3 Å². The Morgan fingerprint density at radius 2 is 2.14 bits per heavy atom. The molecule has 0 aromatic heterocycles. The molecule has 0 bridgehead atoms. The topological polar surface area (TPSA) is 29.1 Å². The lowest BCUT2D eigenvalue weighted by Gasteiger charge is -2.05. The third kappa shape index (κ3) is 2.51. The Balaban J connectivity index is 1.80. The first kappa shape index (κ1) is 9.59. The Labute approximate surface area is 88.1 Å². The van der Waals surface area contributed by atoms with Crippen molar-refractivity contribution >= 4 is 17.7 Å². The van der Waals surface area contributed by atoms with Gasteiger partial charge in [-0.3, -0.25) is 4.79 Å². The zero-order chi connectivity index (χ0) is 9.80. The summed E-state index contributed by atoms with van der Waals surface area (Å²) in [4.78, 5) is 12.2. The second kappa shape index (κ2) is 4.51. The first-order valence-electron chi connectivity index (χ1n) is 4.79. The molecule has 0 saturated carbocycles. The van der Waals surface area contributed by atoms with Gasteiger partial charge in [-0.25, -0.2) is 0 Å². The van der Waals surface area contributed by atoms with Crippen LogP contribution >= 0.6 is 11.8 Å². The molecule has 2 nitrogen and oxygen atoms in total. The van der Waals surface area contributed by atoms with Crippen LogP contribution in [-0.4, -0.2) is 18.2 Å². The van der Waals surface area contributed by atoms with Crippen LogP contribution in [0.2, 0.25) is 0 Å². The fourth-order valence-electron chi connectivity index (χ4n) is 1.51. The lowest BCUT2D eigenvalue weighted by molar-refractivity contribution is -0.119. The first-order valence-corrected chi connectivity index (χ1v) is 5.78. The van der Waals surface area contributed by atoms with Crippen LogP contribution in [0.5, 0.6) is 0 Å². The molecule has 1 aliphatic heterocycles. The molecule has 1 aromatic rings. The van der Waals surface area contributed by atoms with E-state index in [-0.39, 0.29) is 5.91 Å². The highest BCUT2D eigenvalue weighted by atomic mass is 32.2. The standard InChI is InChI=1S/C11H13NOS/c13-11-6-9(7-12-11)8-14-10-4-2-1-3-5-10/h1-5,9H,6-8H2,(H,12,13). The van der Waals surface area contributed by atoms with Gasteiger partial charge in [0, 0.05) is 23.6 Å². The number of benzene rings is 1. The summed E-state index contributed by atoms with van der Waals surface area (Å²) in [5, 5.41) is 2.85. The van der Waals surface area contributed by atoms with E-state index < -0.39 is 0 Å². The molecule has 14 heavy (non-hydrogen) atoms. The highest BCUT2D eigenvalue weighted by molar-refractivity contribution is 7.99. The van der Waals surface area contributed by atoms with Crippen molar-refractivity contribution in [3.8, 4) is 0 Å². The zero-order valence-corrected chi connectivity index (χ0v) is 8.72. The highest BCUT2D eigenvalue weighted by Gasteiger charge is 2.20. The Hall–Kier alpha value is -0.960. The zero-order valence-electron chi connectivity index (χ0n) is 7.90. The van der Waals surface area contributed by atoms with Crippen LogP contribution in [0.1, 0.15) is 6.42 Å². The molecular formula is C11H13NOS. The maximum absolute atomic E-state index is 10.9. The smallest absolute Gasteiger partial charge is 0.220 e. The SMILES string of the molecule is O=C1CC(CSc2ccccc2)CN1. The van der Waals surface area contributed by atoms with E-state index in [2.05, 4.69) is 17.4 Å². The minimum absolute atomic E-state index is 0.198. The molecule has 1 unspecified atom stereocenters. The van der Waals surface area contributed by atoms with Crippen molar-refractivity contribution < 1.29 is 4.79 Å². The average Bonchev–Trinajstić information content (AvgIpc) is 2.63. The van der Waals surface area contributed by atoms with Crippen LogP contribution in [0.25, 0.3) is 0 Å². The summed E-state index contributed by atoms with van der Waals surface area (Å²) in [6.07, 6.45) is 0.694. The maximum Gasteiger partial charge on any atom is 0.220 e. The predicted octanol–water partition coefficient (Wildman–Crippen LogP) is 1.91. The van der Waals surface area contributed by atoms with E-state index >= 15 is 0 Å². The Bertz CT molecular complexity index is 312. The molecule has 3 heteroatoms. The van der Waals surface area contributed by atoms with E-state index in [1.807, 2.05) is 30.0 Å². The minimum Gasteiger partial charge on any atom is -0.356 e. The van der Waals surface area contributed by atoms with Gasteiger partial charge in [0.1, 0.15) is 0 Å². The molecule has 1 saturated heterocycles. The van der Waals surface area contributed by atoms with Gasteiger partial charge in [-0.1, -0.05) is 18.2 Å². The number of amides is 1.